The first-order chi connectivity index (χ1) is 14.1. The predicted molar refractivity (Wildman–Crippen MR) is 108 cm³/mol. The summed E-state index contributed by atoms with van der Waals surface area (Å²) in [4.78, 5) is 0. The average Bonchev–Trinajstić information content (AvgIpc) is 3.16. The Morgan fingerprint density at radius 2 is 1.90 bits per heavy atom. The quantitative estimate of drug-likeness (QED) is 0.707. The Morgan fingerprint density at radius 1 is 1.14 bits per heavy atom. The first kappa shape index (κ1) is 18.4. The summed E-state index contributed by atoms with van der Waals surface area (Å²) in [6.07, 6.45) is 0. The number of aromatic nitrogens is 2. The van der Waals surface area contributed by atoms with E-state index in [0.717, 1.165) is 27.9 Å². The van der Waals surface area contributed by atoms with E-state index in [1.165, 1.54) is 0 Å². The van der Waals surface area contributed by atoms with Crippen molar-refractivity contribution in [2.24, 2.45) is 5.73 Å². The van der Waals surface area contributed by atoms with Crippen LogP contribution in [0.15, 0.2) is 53.9 Å². The summed E-state index contributed by atoms with van der Waals surface area (Å²) in [5, 5.41) is 17.2. The van der Waals surface area contributed by atoms with Gasteiger partial charge in [0.2, 0.25) is 11.8 Å². The maximum atomic E-state index is 9.87. The zero-order valence-corrected chi connectivity index (χ0v) is 16.3. The van der Waals surface area contributed by atoms with Crippen molar-refractivity contribution < 1.29 is 14.2 Å². The molecule has 0 saturated heterocycles. The molecule has 29 heavy (non-hydrogen) atoms. The molecule has 7 heteroatoms. The molecule has 0 bridgehead atoms. The Morgan fingerprint density at radius 3 is 2.55 bits per heavy atom. The lowest BCUT2D eigenvalue weighted by Crippen LogP contribution is -2.21. The third-order valence-electron chi connectivity index (χ3n) is 5.03. The van der Waals surface area contributed by atoms with Gasteiger partial charge in [0.1, 0.15) is 23.1 Å². The Hall–Kier alpha value is -3.92. The first-order valence-electron chi connectivity index (χ1n) is 9.02. The highest BCUT2D eigenvalue weighted by molar-refractivity contribution is 5.72. The van der Waals surface area contributed by atoms with Gasteiger partial charge in [-0.05, 0) is 25.1 Å². The molecule has 0 radical (unpaired) electrons. The highest BCUT2D eigenvalue weighted by Crippen LogP contribution is 2.48. The van der Waals surface area contributed by atoms with Gasteiger partial charge in [-0.1, -0.05) is 29.8 Å². The molecular formula is C22H20N4O3. The molecule has 1 aromatic heterocycles. The Labute approximate surface area is 168 Å². The van der Waals surface area contributed by atoms with Crippen LogP contribution >= 0.6 is 0 Å². The van der Waals surface area contributed by atoms with Crippen LogP contribution in [0.4, 0.5) is 0 Å². The number of hydrogen-bond donors (Lipinski definition) is 2. The van der Waals surface area contributed by atoms with Gasteiger partial charge < -0.3 is 19.9 Å². The van der Waals surface area contributed by atoms with Gasteiger partial charge in [-0.2, -0.15) is 5.26 Å². The lowest BCUT2D eigenvalue weighted by molar-refractivity contribution is 0.373. The van der Waals surface area contributed by atoms with Crippen molar-refractivity contribution in [1.29, 1.82) is 5.26 Å². The molecule has 0 fully saturated rings. The van der Waals surface area contributed by atoms with Gasteiger partial charge in [-0.25, -0.2) is 0 Å². The number of ether oxygens (including phenoxy) is 3. The summed E-state index contributed by atoms with van der Waals surface area (Å²) in [5.41, 5.74) is 10.7. The van der Waals surface area contributed by atoms with Gasteiger partial charge in [0.15, 0.2) is 0 Å². The maximum absolute atomic E-state index is 9.87. The molecule has 3 aromatic rings. The molecule has 146 valence electrons. The van der Waals surface area contributed by atoms with Crippen LogP contribution in [0.1, 0.15) is 22.6 Å². The van der Waals surface area contributed by atoms with E-state index >= 15 is 0 Å². The van der Waals surface area contributed by atoms with E-state index in [1.807, 2.05) is 37.3 Å². The molecule has 0 unspecified atom stereocenters. The number of benzene rings is 2. The Bertz CT molecular complexity index is 1140. The smallest absolute Gasteiger partial charge is 0.244 e. The zero-order valence-electron chi connectivity index (χ0n) is 16.3. The van der Waals surface area contributed by atoms with Crippen LogP contribution < -0.4 is 19.9 Å². The largest absolute Gasteiger partial charge is 0.497 e. The highest BCUT2D eigenvalue weighted by atomic mass is 16.5. The lowest BCUT2D eigenvalue weighted by atomic mass is 9.82. The van der Waals surface area contributed by atoms with Crippen LogP contribution in [-0.4, -0.2) is 24.4 Å². The predicted octanol–water partition coefficient (Wildman–Crippen LogP) is 3.62. The molecule has 0 aliphatic carbocycles. The molecule has 0 spiro atoms. The highest BCUT2D eigenvalue weighted by Gasteiger charge is 2.37. The van der Waals surface area contributed by atoms with Crippen molar-refractivity contribution in [3.63, 3.8) is 0 Å². The number of allylic oxidation sites excluding steroid dienone is 1. The van der Waals surface area contributed by atoms with E-state index in [1.54, 1.807) is 26.4 Å². The van der Waals surface area contributed by atoms with Gasteiger partial charge in [-0.3, -0.25) is 5.10 Å². The fourth-order valence-corrected chi connectivity index (χ4v) is 3.56. The van der Waals surface area contributed by atoms with Crippen molar-refractivity contribution in [1.82, 2.24) is 10.2 Å². The summed E-state index contributed by atoms with van der Waals surface area (Å²) >= 11 is 0. The minimum Gasteiger partial charge on any atom is -0.497 e. The van der Waals surface area contributed by atoms with Crippen molar-refractivity contribution in [2.75, 3.05) is 14.2 Å². The van der Waals surface area contributed by atoms with Crippen LogP contribution in [0.3, 0.4) is 0 Å². The van der Waals surface area contributed by atoms with Crippen molar-refractivity contribution in [2.45, 2.75) is 12.8 Å². The van der Waals surface area contributed by atoms with E-state index in [-0.39, 0.29) is 5.88 Å². The molecule has 2 heterocycles. The third-order valence-corrected chi connectivity index (χ3v) is 5.03. The van der Waals surface area contributed by atoms with Crippen LogP contribution in [0.5, 0.6) is 17.4 Å². The van der Waals surface area contributed by atoms with E-state index < -0.39 is 5.92 Å². The standard InChI is InChI=1S/C22H20N4O3/c1-12-4-6-13(7-5-12)20-19-18(15-10-14(27-2)8-9-17(15)28-3)16(11-23)21(24)29-22(19)26-25-20/h4-10,18H,24H2,1-3H3,(H,25,26)/t18-/m1/s1. The van der Waals surface area contributed by atoms with Crippen molar-refractivity contribution in [3.05, 3.63) is 70.6 Å². The summed E-state index contributed by atoms with van der Waals surface area (Å²) in [7, 11) is 3.17. The number of nitriles is 1. The topological polar surface area (TPSA) is 106 Å². The monoisotopic (exact) mass is 388 g/mol. The molecule has 0 saturated carbocycles. The van der Waals surface area contributed by atoms with E-state index in [9.17, 15) is 5.26 Å². The normalized spacial score (nSPS) is 15.3. The van der Waals surface area contributed by atoms with Gasteiger partial charge in [0.25, 0.3) is 0 Å². The van der Waals surface area contributed by atoms with Crippen LogP contribution in [0, 0.1) is 18.3 Å². The fourth-order valence-electron chi connectivity index (χ4n) is 3.56. The molecule has 1 atom stereocenters. The molecule has 4 rings (SSSR count). The fraction of sp³-hybridized carbons (Fsp3) is 0.182. The second kappa shape index (κ2) is 7.24. The number of aryl methyl sites for hydroxylation is 1. The van der Waals surface area contributed by atoms with Crippen LogP contribution in [-0.2, 0) is 0 Å². The number of rotatable bonds is 4. The molecule has 1 aliphatic rings. The molecule has 3 N–H and O–H groups in total. The zero-order chi connectivity index (χ0) is 20.5. The van der Waals surface area contributed by atoms with Crippen molar-refractivity contribution in [3.8, 4) is 34.7 Å². The number of nitrogens with two attached hydrogens (primary N) is 1. The summed E-state index contributed by atoms with van der Waals surface area (Å²) in [6.45, 7) is 2.02. The molecule has 0 amide bonds. The number of H-pyrrole nitrogens is 1. The van der Waals surface area contributed by atoms with Gasteiger partial charge in [0.05, 0.1) is 31.4 Å². The molecule has 7 nitrogen and oxygen atoms in total. The minimum absolute atomic E-state index is 0.0248. The van der Waals surface area contributed by atoms with Crippen LogP contribution in [0.2, 0.25) is 0 Å². The summed E-state index contributed by atoms with van der Waals surface area (Å²) in [5.74, 6) is 1.10. The number of fused-ring (bicyclic) bond motifs is 1. The number of methoxy groups -OCH3 is 2. The van der Waals surface area contributed by atoms with Gasteiger partial charge >= 0.3 is 0 Å². The average molecular weight is 388 g/mol. The second-order valence-electron chi connectivity index (χ2n) is 6.72. The Balaban J connectivity index is 1.99. The van der Waals surface area contributed by atoms with Gasteiger partial charge in [-0.15, -0.1) is 5.10 Å². The summed E-state index contributed by atoms with van der Waals surface area (Å²) in [6, 6.07) is 15.7. The third kappa shape index (κ3) is 3.05. The van der Waals surface area contributed by atoms with Crippen molar-refractivity contribution >= 4 is 0 Å². The van der Waals surface area contributed by atoms with E-state index in [2.05, 4.69) is 16.3 Å². The second-order valence-corrected chi connectivity index (χ2v) is 6.72. The molecular weight excluding hydrogens is 368 g/mol. The van der Waals surface area contributed by atoms with E-state index in [4.69, 9.17) is 19.9 Å². The van der Waals surface area contributed by atoms with Gasteiger partial charge in [0, 0.05) is 11.1 Å². The SMILES string of the molecule is COc1ccc(OC)c([C@@H]2C(C#N)=C(N)Oc3n[nH]c(-c4ccc(C)cc4)c32)c1. The number of nitrogens with one attached hydrogen (secondary N) is 1. The number of hydrogen-bond acceptors (Lipinski definition) is 6. The molecule has 2 aromatic carbocycles. The lowest BCUT2D eigenvalue weighted by Gasteiger charge is -2.25. The van der Waals surface area contributed by atoms with Crippen LogP contribution in [0.25, 0.3) is 11.3 Å². The van der Waals surface area contributed by atoms with E-state index in [0.29, 0.717) is 23.0 Å². The minimum atomic E-state index is -0.524. The number of nitrogens with zero attached hydrogens (tertiary/aromatic N) is 2. The number of aromatic amines is 1. The summed E-state index contributed by atoms with van der Waals surface area (Å²) < 4.78 is 16.6. The Kier molecular flexibility index (Phi) is 4.61. The molecule has 1 aliphatic heterocycles. The maximum Gasteiger partial charge on any atom is 0.244 e. The first-order valence-corrected chi connectivity index (χ1v) is 9.02.